The number of amides is 1. The quantitative estimate of drug-likeness (QED) is 0.703. The molecular weight excluding hydrogens is 322 g/mol. The number of nitrogens with one attached hydrogen (secondary N) is 1. The molecule has 1 atom stereocenters. The fourth-order valence-corrected chi connectivity index (χ4v) is 3.24. The second kappa shape index (κ2) is 11.9. The minimum atomic E-state index is -0.988. The molecular formula is C15H29NO6S. The van der Waals surface area contributed by atoms with E-state index in [2.05, 4.69) is 5.32 Å². The number of hydrogen-bond donors (Lipinski definition) is 2. The molecule has 1 aliphatic rings. The Bertz CT molecular complexity index is 317. The Kier molecular flexibility index (Phi) is 10.6. The van der Waals surface area contributed by atoms with Crippen molar-refractivity contribution in [2.24, 2.45) is 0 Å². The SMILES string of the molecule is CC(C)(CCSCC1COCCOCCOCCO1)NC(=O)O. The summed E-state index contributed by atoms with van der Waals surface area (Å²) in [6.45, 7) is 7.69. The molecule has 1 rings (SSSR count). The van der Waals surface area contributed by atoms with Crippen molar-refractivity contribution in [2.75, 3.05) is 57.8 Å². The molecule has 0 bridgehead atoms. The number of hydrogen-bond acceptors (Lipinski definition) is 6. The summed E-state index contributed by atoms with van der Waals surface area (Å²) in [5.41, 5.74) is -0.423. The Morgan fingerprint density at radius 3 is 2.39 bits per heavy atom. The maximum atomic E-state index is 10.7. The largest absolute Gasteiger partial charge is 0.465 e. The normalized spacial score (nSPS) is 21.9. The van der Waals surface area contributed by atoms with Gasteiger partial charge in [0.15, 0.2) is 0 Å². The van der Waals surface area contributed by atoms with Crippen molar-refractivity contribution in [1.29, 1.82) is 0 Å². The molecule has 0 saturated carbocycles. The van der Waals surface area contributed by atoms with Gasteiger partial charge in [-0.2, -0.15) is 11.8 Å². The monoisotopic (exact) mass is 351 g/mol. The van der Waals surface area contributed by atoms with Crippen LogP contribution < -0.4 is 5.32 Å². The molecule has 8 heteroatoms. The van der Waals surface area contributed by atoms with Crippen LogP contribution in [0.4, 0.5) is 4.79 Å². The van der Waals surface area contributed by atoms with E-state index in [1.165, 1.54) is 0 Å². The zero-order valence-corrected chi connectivity index (χ0v) is 14.9. The first kappa shape index (κ1) is 20.5. The highest BCUT2D eigenvalue weighted by molar-refractivity contribution is 7.99. The van der Waals surface area contributed by atoms with Gasteiger partial charge in [0.2, 0.25) is 0 Å². The Labute approximate surface area is 142 Å². The van der Waals surface area contributed by atoms with Gasteiger partial charge in [0, 0.05) is 11.3 Å². The molecule has 0 aliphatic carbocycles. The molecule has 1 heterocycles. The first-order chi connectivity index (χ1) is 11.0. The lowest BCUT2D eigenvalue weighted by Crippen LogP contribution is -2.43. The molecule has 0 aromatic rings. The van der Waals surface area contributed by atoms with Gasteiger partial charge in [0.05, 0.1) is 52.4 Å². The zero-order valence-electron chi connectivity index (χ0n) is 14.0. The third-order valence-corrected chi connectivity index (χ3v) is 4.35. The van der Waals surface area contributed by atoms with E-state index in [9.17, 15) is 4.79 Å². The van der Waals surface area contributed by atoms with E-state index < -0.39 is 11.6 Å². The topological polar surface area (TPSA) is 86.3 Å². The molecule has 23 heavy (non-hydrogen) atoms. The predicted molar refractivity (Wildman–Crippen MR) is 89.4 cm³/mol. The fraction of sp³-hybridized carbons (Fsp3) is 0.933. The molecule has 0 aromatic heterocycles. The first-order valence-corrected chi connectivity index (χ1v) is 9.09. The van der Waals surface area contributed by atoms with Gasteiger partial charge in [-0.05, 0) is 26.0 Å². The molecule has 0 radical (unpaired) electrons. The highest BCUT2D eigenvalue weighted by Gasteiger charge is 2.20. The molecule has 2 N–H and O–H groups in total. The molecule has 0 aromatic carbocycles. The zero-order chi connectivity index (χ0) is 17.0. The lowest BCUT2D eigenvalue weighted by Gasteiger charge is -2.25. The van der Waals surface area contributed by atoms with Crippen LogP contribution in [0.15, 0.2) is 0 Å². The van der Waals surface area contributed by atoms with E-state index in [0.29, 0.717) is 46.2 Å². The minimum Gasteiger partial charge on any atom is -0.465 e. The van der Waals surface area contributed by atoms with Gasteiger partial charge in [-0.3, -0.25) is 0 Å². The Morgan fingerprint density at radius 2 is 1.74 bits per heavy atom. The van der Waals surface area contributed by atoms with E-state index >= 15 is 0 Å². The van der Waals surface area contributed by atoms with E-state index in [1.54, 1.807) is 11.8 Å². The smallest absolute Gasteiger partial charge is 0.405 e. The second-order valence-electron chi connectivity index (χ2n) is 5.93. The lowest BCUT2D eigenvalue weighted by molar-refractivity contribution is -0.0593. The predicted octanol–water partition coefficient (Wildman–Crippen LogP) is 1.60. The van der Waals surface area contributed by atoms with E-state index in [-0.39, 0.29) is 6.10 Å². The molecule has 1 fully saturated rings. The molecule has 7 nitrogen and oxygen atoms in total. The maximum Gasteiger partial charge on any atom is 0.405 e. The number of carbonyl (C=O) groups is 1. The summed E-state index contributed by atoms with van der Waals surface area (Å²) in [6.07, 6.45) is -0.217. The molecule has 1 unspecified atom stereocenters. The van der Waals surface area contributed by atoms with E-state index in [4.69, 9.17) is 24.1 Å². The van der Waals surface area contributed by atoms with Crippen molar-refractivity contribution in [3.63, 3.8) is 0 Å². The van der Waals surface area contributed by atoms with Crippen LogP contribution in [0.1, 0.15) is 20.3 Å². The van der Waals surface area contributed by atoms with Gasteiger partial charge >= 0.3 is 6.09 Å². The third kappa shape index (κ3) is 11.6. The van der Waals surface area contributed by atoms with Gasteiger partial charge in [0.1, 0.15) is 0 Å². The first-order valence-electron chi connectivity index (χ1n) is 7.93. The van der Waals surface area contributed by atoms with Gasteiger partial charge < -0.3 is 29.4 Å². The highest BCUT2D eigenvalue weighted by Crippen LogP contribution is 2.15. The number of ether oxygens (including phenoxy) is 4. The molecule has 0 spiro atoms. The standard InChI is InChI=1S/C15H29NO6S/c1-15(2,16-14(17)18)3-10-23-12-13-11-21-7-6-19-4-5-20-8-9-22-13/h13,16H,3-12H2,1-2H3,(H,17,18). The van der Waals surface area contributed by atoms with Crippen molar-refractivity contribution in [3.05, 3.63) is 0 Å². The van der Waals surface area contributed by atoms with Gasteiger partial charge in [0.25, 0.3) is 0 Å². The summed E-state index contributed by atoms with van der Waals surface area (Å²) in [5.74, 6) is 1.66. The summed E-state index contributed by atoms with van der Waals surface area (Å²) in [5, 5.41) is 11.3. The van der Waals surface area contributed by atoms with E-state index in [1.807, 2.05) is 13.8 Å². The van der Waals surface area contributed by atoms with Gasteiger partial charge in [-0.15, -0.1) is 0 Å². The average Bonchev–Trinajstić information content (AvgIpc) is 2.44. The van der Waals surface area contributed by atoms with Crippen LogP contribution in [0.5, 0.6) is 0 Å². The van der Waals surface area contributed by atoms with Gasteiger partial charge in [-0.1, -0.05) is 0 Å². The Hall–Kier alpha value is -0.540. The summed E-state index contributed by atoms with van der Waals surface area (Å²) in [6, 6.07) is 0. The second-order valence-corrected chi connectivity index (χ2v) is 7.08. The Morgan fingerprint density at radius 1 is 1.13 bits per heavy atom. The average molecular weight is 351 g/mol. The molecule has 1 aliphatic heterocycles. The van der Waals surface area contributed by atoms with Crippen molar-refractivity contribution in [1.82, 2.24) is 5.32 Å². The molecule has 1 amide bonds. The Balaban J connectivity index is 2.22. The van der Waals surface area contributed by atoms with Crippen LogP contribution in [0.3, 0.4) is 0 Å². The maximum absolute atomic E-state index is 10.7. The van der Waals surface area contributed by atoms with Crippen LogP contribution in [0.2, 0.25) is 0 Å². The highest BCUT2D eigenvalue weighted by atomic mass is 32.2. The van der Waals surface area contributed by atoms with E-state index in [0.717, 1.165) is 17.9 Å². The summed E-state index contributed by atoms with van der Waals surface area (Å²) < 4.78 is 22.1. The van der Waals surface area contributed by atoms with Crippen molar-refractivity contribution in [2.45, 2.75) is 31.9 Å². The van der Waals surface area contributed by atoms with Crippen LogP contribution in [0, 0.1) is 0 Å². The van der Waals surface area contributed by atoms with Crippen LogP contribution in [-0.2, 0) is 18.9 Å². The fourth-order valence-electron chi connectivity index (χ4n) is 1.97. The molecule has 136 valence electrons. The number of rotatable bonds is 6. The number of carboxylic acid groups (broad SMARTS) is 1. The van der Waals surface area contributed by atoms with Crippen molar-refractivity contribution in [3.8, 4) is 0 Å². The summed E-state index contributed by atoms with van der Waals surface area (Å²) >= 11 is 1.74. The van der Waals surface area contributed by atoms with Crippen LogP contribution >= 0.6 is 11.8 Å². The van der Waals surface area contributed by atoms with Crippen molar-refractivity contribution >= 4 is 17.9 Å². The molecule has 1 saturated heterocycles. The summed E-state index contributed by atoms with van der Waals surface area (Å²) in [7, 11) is 0. The lowest BCUT2D eigenvalue weighted by atomic mass is 10.0. The van der Waals surface area contributed by atoms with Crippen molar-refractivity contribution < 1.29 is 28.8 Å². The summed E-state index contributed by atoms with van der Waals surface area (Å²) in [4.78, 5) is 10.7. The third-order valence-electron chi connectivity index (χ3n) is 3.25. The van der Waals surface area contributed by atoms with Crippen LogP contribution in [0.25, 0.3) is 0 Å². The number of thioether (sulfide) groups is 1. The van der Waals surface area contributed by atoms with Gasteiger partial charge in [-0.25, -0.2) is 4.79 Å². The van der Waals surface area contributed by atoms with Crippen LogP contribution in [-0.4, -0.2) is 80.6 Å². The minimum absolute atomic E-state index is 0.0126.